The van der Waals surface area contributed by atoms with Crippen LogP contribution >= 0.6 is 11.6 Å². The summed E-state index contributed by atoms with van der Waals surface area (Å²) in [6.07, 6.45) is 0.361. The van der Waals surface area contributed by atoms with Gasteiger partial charge in [0.05, 0.1) is 10.6 Å². The van der Waals surface area contributed by atoms with E-state index in [2.05, 4.69) is 5.32 Å². The number of sulfonamides is 1. The van der Waals surface area contributed by atoms with E-state index in [1.165, 1.54) is 30.1 Å². The first-order valence-electron chi connectivity index (χ1n) is 11.6. The highest BCUT2D eigenvalue weighted by Gasteiger charge is 2.33. The molecule has 0 radical (unpaired) electrons. The van der Waals surface area contributed by atoms with Crippen LogP contribution in [0.1, 0.15) is 24.5 Å². The van der Waals surface area contributed by atoms with Crippen LogP contribution in [0.5, 0.6) is 0 Å². The summed E-state index contributed by atoms with van der Waals surface area (Å²) in [5, 5.41) is 2.95. The van der Waals surface area contributed by atoms with Crippen LogP contribution in [0.4, 0.5) is 5.69 Å². The molecule has 0 aliphatic carbocycles. The van der Waals surface area contributed by atoms with Crippen molar-refractivity contribution in [3.8, 4) is 0 Å². The van der Waals surface area contributed by atoms with Gasteiger partial charge in [-0.25, -0.2) is 8.42 Å². The molecule has 7 nitrogen and oxygen atoms in total. The molecule has 1 unspecified atom stereocenters. The molecule has 0 spiro atoms. The number of carbonyl (C=O) groups is 2. The van der Waals surface area contributed by atoms with Crippen molar-refractivity contribution in [2.24, 2.45) is 0 Å². The molecular weight excluding hydrogens is 498 g/mol. The molecule has 0 saturated heterocycles. The van der Waals surface area contributed by atoms with Gasteiger partial charge in [0.25, 0.3) is 10.0 Å². The van der Waals surface area contributed by atoms with Crippen molar-refractivity contribution in [2.45, 2.75) is 37.8 Å². The molecule has 0 fully saturated rings. The van der Waals surface area contributed by atoms with Gasteiger partial charge < -0.3 is 10.2 Å². The lowest BCUT2D eigenvalue weighted by Crippen LogP contribution is -2.51. The van der Waals surface area contributed by atoms with E-state index in [0.29, 0.717) is 11.4 Å². The second kappa shape index (κ2) is 12.1. The van der Waals surface area contributed by atoms with Gasteiger partial charge in [0.1, 0.15) is 12.6 Å². The van der Waals surface area contributed by atoms with Crippen molar-refractivity contribution < 1.29 is 18.0 Å². The molecule has 0 aromatic heterocycles. The maximum Gasteiger partial charge on any atom is 0.264 e. The largest absolute Gasteiger partial charge is 0.357 e. The molecule has 36 heavy (non-hydrogen) atoms. The maximum absolute atomic E-state index is 13.8. The zero-order valence-corrected chi connectivity index (χ0v) is 22.1. The standard InChI is InChI=1S/C27H30ClN3O4S/c1-4-25(27(33)29-3)30(18-21-12-9-8-11-20(21)2)26(32)19-31(23-14-10-13-22(28)17-23)36(34,35)24-15-6-5-7-16-24/h5-17,25H,4,18-19H2,1-3H3,(H,29,33). The monoisotopic (exact) mass is 527 g/mol. The van der Waals surface area contributed by atoms with Crippen molar-refractivity contribution in [2.75, 3.05) is 17.9 Å². The normalized spacial score (nSPS) is 12.0. The molecule has 9 heteroatoms. The average molecular weight is 528 g/mol. The van der Waals surface area contributed by atoms with E-state index in [1.54, 1.807) is 36.4 Å². The lowest BCUT2D eigenvalue weighted by atomic mass is 10.1. The number of aryl methyl sites for hydroxylation is 1. The number of hydrogen-bond acceptors (Lipinski definition) is 4. The van der Waals surface area contributed by atoms with Crippen LogP contribution in [-0.4, -0.2) is 44.8 Å². The zero-order valence-electron chi connectivity index (χ0n) is 20.5. The highest BCUT2D eigenvalue weighted by molar-refractivity contribution is 7.92. The molecule has 0 aliphatic rings. The van der Waals surface area contributed by atoms with Gasteiger partial charge in [-0.1, -0.05) is 67.1 Å². The SMILES string of the molecule is CCC(C(=O)NC)N(Cc1ccccc1C)C(=O)CN(c1cccc(Cl)c1)S(=O)(=O)c1ccccc1. The van der Waals surface area contributed by atoms with E-state index in [-0.39, 0.29) is 23.0 Å². The molecule has 0 aliphatic heterocycles. The topological polar surface area (TPSA) is 86.8 Å². The third-order valence-corrected chi connectivity index (χ3v) is 7.96. The predicted octanol–water partition coefficient (Wildman–Crippen LogP) is 4.40. The molecule has 1 atom stereocenters. The van der Waals surface area contributed by atoms with Crippen LogP contribution < -0.4 is 9.62 Å². The minimum atomic E-state index is -4.11. The summed E-state index contributed by atoms with van der Waals surface area (Å²) in [7, 11) is -2.60. The number of anilines is 1. The summed E-state index contributed by atoms with van der Waals surface area (Å²) in [5.74, 6) is -0.826. The Kier molecular flexibility index (Phi) is 9.12. The quantitative estimate of drug-likeness (QED) is 0.423. The molecule has 0 bridgehead atoms. The van der Waals surface area contributed by atoms with Crippen LogP contribution in [0.2, 0.25) is 5.02 Å². The first kappa shape index (κ1) is 27.2. The first-order chi connectivity index (χ1) is 17.2. The zero-order chi connectivity index (χ0) is 26.3. The second-order valence-corrected chi connectivity index (χ2v) is 10.6. The smallest absolute Gasteiger partial charge is 0.264 e. The molecule has 3 aromatic carbocycles. The number of benzene rings is 3. The molecule has 190 valence electrons. The third-order valence-electron chi connectivity index (χ3n) is 5.94. The number of likely N-dealkylation sites (N-methyl/N-ethyl adjacent to an activating group) is 1. The lowest BCUT2D eigenvalue weighted by Gasteiger charge is -2.33. The van der Waals surface area contributed by atoms with E-state index in [1.807, 2.05) is 38.1 Å². The minimum Gasteiger partial charge on any atom is -0.357 e. The Morgan fingerprint density at radius 2 is 1.64 bits per heavy atom. The number of nitrogens with one attached hydrogen (secondary N) is 1. The van der Waals surface area contributed by atoms with Crippen LogP contribution in [0.15, 0.2) is 83.8 Å². The Morgan fingerprint density at radius 1 is 0.972 bits per heavy atom. The van der Waals surface area contributed by atoms with Gasteiger partial charge in [-0.05, 0) is 54.8 Å². The Balaban J connectivity index is 2.06. The third kappa shape index (κ3) is 6.25. The van der Waals surface area contributed by atoms with E-state index in [4.69, 9.17) is 11.6 Å². The van der Waals surface area contributed by atoms with Crippen LogP contribution in [0.25, 0.3) is 0 Å². The molecular formula is C27H30ClN3O4S. The fourth-order valence-electron chi connectivity index (χ4n) is 3.94. The van der Waals surface area contributed by atoms with Gasteiger partial charge in [-0.15, -0.1) is 0 Å². The van der Waals surface area contributed by atoms with Crippen LogP contribution in [-0.2, 0) is 26.2 Å². The van der Waals surface area contributed by atoms with Gasteiger partial charge in [-0.2, -0.15) is 0 Å². The summed E-state index contributed by atoms with van der Waals surface area (Å²) in [4.78, 5) is 28.0. The van der Waals surface area contributed by atoms with E-state index < -0.39 is 28.5 Å². The van der Waals surface area contributed by atoms with Gasteiger partial charge in [0.15, 0.2) is 0 Å². The number of rotatable bonds is 10. The van der Waals surface area contributed by atoms with Crippen molar-refractivity contribution in [3.63, 3.8) is 0 Å². The van der Waals surface area contributed by atoms with Gasteiger partial charge >= 0.3 is 0 Å². The Bertz CT molecular complexity index is 1320. The second-order valence-electron chi connectivity index (χ2n) is 8.29. The van der Waals surface area contributed by atoms with Crippen molar-refractivity contribution in [3.05, 3.63) is 95.0 Å². The maximum atomic E-state index is 13.8. The van der Waals surface area contributed by atoms with E-state index in [0.717, 1.165) is 15.4 Å². The number of amides is 2. The first-order valence-corrected chi connectivity index (χ1v) is 13.4. The molecule has 3 aromatic rings. The number of nitrogens with zero attached hydrogens (tertiary/aromatic N) is 2. The fourth-order valence-corrected chi connectivity index (χ4v) is 5.55. The Hall–Kier alpha value is -3.36. The van der Waals surface area contributed by atoms with Crippen molar-refractivity contribution >= 4 is 39.1 Å². The molecule has 0 saturated carbocycles. The van der Waals surface area contributed by atoms with E-state index in [9.17, 15) is 18.0 Å². The van der Waals surface area contributed by atoms with Crippen LogP contribution in [0.3, 0.4) is 0 Å². The number of halogens is 1. The van der Waals surface area contributed by atoms with Crippen molar-refractivity contribution in [1.82, 2.24) is 10.2 Å². The fraction of sp³-hybridized carbons (Fsp3) is 0.259. The van der Waals surface area contributed by atoms with Gasteiger partial charge in [0.2, 0.25) is 11.8 Å². The lowest BCUT2D eigenvalue weighted by molar-refractivity contribution is -0.140. The van der Waals surface area contributed by atoms with Crippen molar-refractivity contribution in [1.29, 1.82) is 0 Å². The van der Waals surface area contributed by atoms with Gasteiger partial charge in [0, 0.05) is 18.6 Å². The summed E-state index contributed by atoms with van der Waals surface area (Å²) >= 11 is 6.17. The summed E-state index contributed by atoms with van der Waals surface area (Å²) in [5.41, 5.74) is 2.09. The highest BCUT2D eigenvalue weighted by Crippen LogP contribution is 2.27. The molecule has 2 amide bonds. The number of carbonyl (C=O) groups excluding carboxylic acids is 2. The minimum absolute atomic E-state index is 0.0431. The summed E-state index contributed by atoms with van der Waals surface area (Å²) < 4.78 is 28.4. The van der Waals surface area contributed by atoms with E-state index >= 15 is 0 Å². The molecule has 3 rings (SSSR count). The molecule has 0 heterocycles. The number of hydrogen-bond donors (Lipinski definition) is 1. The Morgan fingerprint density at radius 3 is 2.25 bits per heavy atom. The summed E-state index contributed by atoms with van der Waals surface area (Å²) in [6.45, 7) is 3.40. The summed E-state index contributed by atoms with van der Waals surface area (Å²) in [6, 6.07) is 21.0. The average Bonchev–Trinajstić information content (AvgIpc) is 2.88. The van der Waals surface area contributed by atoms with Crippen LogP contribution in [0, 0.1) is 6.92 Å². The predicted molar refractivity (Wildman–Crippen MR) is 142 cm³/mol. The molecule has 1 N–H and O–H groups in total. The highest BCUT2D eigenvalue weighted by atomic mass is 35.5. The Labute approximate surface area is 217 Å². The van der Waals surface area contributed by atoms with Gasteiger partial charge in [-0.3, -0.25) is 13.9 Å².